The maximum atomic E-state index is 12.2. The number of nitrogens with zero attached hydrogens (tertiary/aromatic N) is 1. The summed E-state index contributed by atoms with van der Waals surface area (Å²) in [6, 6.07) is 3.01. The van der Waals surface area contributed by atoms with Crippen molar-refractivity contribution >= 4 is 21.4 Å². The van der Waals surface area contributed by atoms with Crippen molar-refractivity contribution in [3.63, 3.8) is 0 Å². The van der Waals surface area contributed by atoms with Crippen LogP contribution in [-0.4, -0.2) is 27.1 Å². The van der Waals surface area contributed by atoms with E-state index >= 15 is 0 Å². The van der Waals surface area contributed by atoms with Crippen LogP contribution in [0.5, 0.6) is 0 Å². The van der Waals surface area contributed by atoms with Crippen molar-refractivity contribution in [2.45, 2.75) is 24.4 Å². The Morgan fingerprint density at radius 2 is 2.30 bits per heavy atom. The summed E-state index contributed by atoms with van der Waals surface area (Å²) in [5, 5.41) is 1.48. The summed E-state index contributed by atoms with van der Waals surface area (Å²) in [6.07, 6.45) is 0.749. The molecule has 1 N–H and O–H groups in total. The molecule has 0 aromatic carbocycles. The third-order valence-corrected chi connectivity index (χ3v) is 4.79. The van der Waals surface area contributed by atoms with E-state index in [-0.39, 0.29) is 11.6 Å². The number of ether oxygens (including phenoxy) is 1. The summed E-state index contributed by atoms with van der Waals surface area (Å²) in [5.41, 5.74) is 1.47. The average molecular weight is 316 g/mol. The summed E-state index contributed by atoms with van der Waals surface area (Å²) in [4.78, 5) is 3.81. The van der Waals surface area contributed by atoms with E-state index < -0.39 is 16.1 Å². The molecule has 2 aromatic heterocycles. The highest BCUT2D eigenvalue weighted by Crippen LogP contribution is 2.20. The minimum Gasteiger partial charge on any atom is -0.464 e. The molecule has 0 saturated carbocycles. The number of sulfonamides is 1. The Morgan fingerprint density at radius 3 is 2.85 bits per heavy atom. The van der Waals surface area contributed by atoms with Crippen molar-refractivity contribution < 1.29 is 17.6 Å². The number of furan rings is 1. The molecule has 0 aliphatic rings. The molecule has 2 heterocycles. The minimum atomic E-state index is -3.67. The molecule has 0 radical (unpaired) electrons. The summed E-state index contributed by atoms with van der Waals surface area (Å²) in [5.74, 6) is 1.33. The Bertz CT molecular complexity index is 634. The van der Waals surface area contributed by atoms with Gasteiger partial charge in [0.1, 0.15) is 17.6 Å². The first-order valence-electron chi connectivity index (χ1n) is 6.05. The van der Waals surface area contributed by atoms with Crippen LogP contribution in [0.25, 0.3) is 0 Å². The van der Waals surface area contributed by atoms with Gasteiger partial charge in [0.05, 0.1) is 12.1 Å². The van der Waals surface area contributed by atoms with Gasteiger partial charge in [-0.3, -0.25) is 0 Å². The van der Waals surface area contributed by atoms with Gasteiger partial charge in [-0.2, -0.15) is 4.72 Å². The molecule has 0 saturated heterocycles. The van der Waals surface area contributed by atoms with Gasteiger partial charge in [-0.1, -0.05) is 6.92 Å². The molecule has 1 atom stereocenters. The molecule has 6 nitrogen and oxygen atoms in total. The standard InChI is InChI=1S/C12H16N2O4S2/c1-3-9-4-5-11(18-9)10(6-17-2)14-20(15,16)12-7-19-8-13-12/h4-5,7-8,10,14H,3,6H2,1-2H3. The summed E-state index contributed by atoms with van der Waals surface area (Å²) >= 11 is 1.23. The number of nitrogens with one attached hydrogen (secondary N) is 1. The fraction of sp³-hybridized carbons (Fsp3) is 0.417. The highest BCUT2D eigenvalue weighted by Gasteiger charge is 2.25. The van der Waals surface area contributed by atoms with Crippen LogP contribution in [0.15, 0.2) is 32.5 Å². The first-order chi connectivity index (χ1) is 9.56. The smallest absolute Gasteiger partial charge is 0.259 e. The number of hydrogen-bond acceptors (Lipinski definition) is 6. The minimum absolute atomic E-state index is 0.00544. The lowest BCUT2D eigenvalue weighted by atomic mass is 10.2. The van der Waals surface area contributed by atoms with E-state index in [9.17, 15) is 8.42 Å². The average Bonchev–Trinajstić information content (AvgIpc) is 3.09. The molecule has 0 fully saturated rings. The lowest BCUT2D eigenvalue weighted by Crippen LogP contribution is -2.31. The van der Waals surface area contributed by atoms with E-state index in [2.05, 4.69) is 9.71 Å². The zero-order valence-corrected chi connectivity index (χ0v) is 12.8. The van der Waals surface area contributed by atoms with Gasteiger partial charge in [0.25, 0.3) is 10.0 Å². The first-order valence-corrected chi connectivity index (χ1v) is 8.47. The van der Waals surface area contributed by atoms with E-state index in [0.717, 1.165) is 12.2 Å². The van der Waals surface area contributed by atoms with Crippen molar-refractivity contribution in [1.82, 2.24) is 9.71 Å². The van der Waals surface area contributed by atoms with Gasteiger partial charge in [0.15, 0.2) is 5.03 Å². The third kappa shape index (κ3) is 3.45. The summed E-state index contributed by atoms with van der Waals surface area (Å²) < 4.78 is 37.5. The molecule has 1 unspecified atom stereocenters. The molecule has 0 amide bonds. The van der Waals surface area contributed by atoms with Crippen LogP contribution >= 0.6 is 11.3 Å². The second-order valence-electron chi connectivity index (χ2n) is 4.11. The first kappa shape index (κ1) is 15.2. The molecule has 2 rings (SSSR count). The second-order valence-corrected chi connectivity index (χ2v) is 6.49. The molecular formula is C12H16N2O4S2. The monoisotopic (exact) mass is 316 g/mol. The van der Waals surface area contributed by atoms with Gasteiger partial charge in [-0.05, 0) is 12.1 Å². The van der Waals surface area contributed by atoms with E-state index in [1.54, 1.807) is 6.07 Å². The van der Waals surface area contributed by atoms with Gasteiger partial charge in [0, 0.05) is 18.9 Å². The molecule has 0 aliphatic carbocycles. The van der Waals surface area contributed by atoms with Crippen LogP contribution in [0, 0.1) is 0 Å². The van der Waals surface area contributed by atoms with Crippen LogP contribution in [0.3, 0.4) is 0 Å². The number of thiazole rings is 1. The van der Waals surface area contributed by atoms with E-state index in [1.807, 2.05) is 13.0 Å². The Labute approximate surface area is 121 Å². The Balaban J connectivity index is 2.21. The van der Waals surface area contributed by atoms with Gasteiger partial charge in [-0.25, -0.2) is 13.4 Å². The van der Waals surface area contributed by atoms with Crippen LogP contribution in [0.2, 0.25) is 0 Å². The molecule has 110 valence electrons. The molecule has 0 aliphatic heterocycles. The number of aryl methyl sites for hydroxylation is 1. The highest BCUT2D eigenvalue weighted by atomic mass is 32.2. The lowest BCUT2D eigenvalue weighted by Gasteiger charge is -2.15. The fourth-order valence-electron chi connectivity index (χ4n) is 1.69. The SMILES string of the molecule is CCc1ccc(C(COC)NS(=O)(=O)c2cscn2)o1. The maximum absolute atomic E-state index is 12.2. The fourth-order valence-corrected chi connectivity index (χ4v) is 3.72. The predicted molar refractivity (Wildman–Crippen MR) is 75.1 cm³/mol. The number of methoxy groups -OCH3 is 1. The molecule has 0 bridgehead atoms. The Kier molecular flexibility index (Phi) is 4.92. The maximum Gasteiger partial charge on any atom is 0.259 e. The van der Waals surface area contributed by atoms with Crippen molar-refractivity contribution in [2.24, 2.45) is 0 Å². The van der Waals surface area contributed by atoms with Gasteiger partial charge in [-0.15, -0.1) is 11.3 Å². The highest BCUT2D eigenvalue weighted by molar-refractivity contribution is 7.89. The summed E-state index contributed by atoms with van der Waals surface area (Å²) in [7, 11) is -2.17. The van der Waals surface area contributed by atoms with E-state index in [1.165, 1.54) is 29.3 Å². The van der Waals surface area contributed by atoms with Crippen LogP contribution in [0.4, 0.5) is 0 Å². The van der Waals surface area contributed by atoms with Gasteiger partial charge in [0.2, 0.25) is 0 Å². The van der Waals surface area contributed by atoms with Gasteiger partial charge >= 0.3 is 0 Å². The predicted octanol–water partition coefficient (Wildman–Crippen LogP) is 1.96. The molecule has 0 spiro atoms. The second kappa shape index (κ2) is 6.49. The van der Waals surface area contributed by atoms with Crippen molar-refractivity contribution in [3.8, 4) is 0 Å². The quantitative estimate of drug-likeness (QED) is 0.844. The van der Waals surface area contributed by atoms with Crippen molar-refractivity contribution in [3.05, 3.63) is 34.5 Å². The Hall–Kier alpha value is -1.22. The molecule has 2 aromatic rings. The summed E-state index contributed by atoms with van der Waals surface area (Å²) in [6.45, 7) is 2.15. The van der Waals surface area contributed by atoms with E-state index in [4.69, 9.17) is 9.15 Å². The van der Waals surface area contributed by atoms with Crippen molar-refractivity contribution in [2.75, 3.05) is 13.7 Å². The number of hydrogen-bond donors (Lipinski definition) is 1. The van der Waals surface area contributed by atoms with Crippen LogP contribution < -0.4 is 4.72 Å². The Morgan fingerprint density at radius 1 is 1.50 bits per heavy atom. The van der Waals surface area contributed by atoms with Crippen LogP contribution in [-0.2, 0) is 21.2 Å². The molecule has 8 heteroatoms. The third-order valence-electron chi connectivity index (χ3n) is 2.69. The number of rotatable bonds is 7. The largest absolute Gasteiger partial charge is 0.464 e. The number of aromatic nitrogens is 1. The van der Waals surface area contributed by atoms with Crippen LogP contribution in [0.1, 0.15) is 24.5 Å². The normalized spacial score (nSPS) is 13.5. The lowest BCUT2D eigenvalue weighted by molar-refractivity contribution is 0.165. The zero-order chi connectivity index (χ0) is 14.6. The van der Waals surface area contributed by atoms with E-state index in [0.29, 0.717) is 5.76 Å². The van der Waals surface area contributed by atoms with Gasteiger partial charge < -0.3 is 9.15 Å². The van der Waals surface area contributed by atoms with Crippen molar-refractivity contribution in [1.29, 1.82) is 0 Å². The topological polar surface area (TPSA) is 81.4 Å². The zero-order valence-electron chi connectivity index (χ0n) is 11.2. The molecular weight excluding hydrogens is 300 g/mol. The molecule has 20 heavy (non-hydrogen) atoms.